The van der Waals surface area contributed by atoms with Crippen LogP contribution in [-0.4, -0.2) is 40.7 Å². The molecule has 0 aliphatic rings. The number of nitrogens with zero attached hydrogens (tertiary/aromatic N) is 1. The number of benzene rings is 1. The predicted molar refractivity (Wildman–Crippen MR) is 76.4 cm³/mol. The molecule has 0 radical (unpaired) electrons. The van der Waals surface area contributed by atoms with E-state index in [4.69, 9.17) is 5.11 Å². The van der Waals surface area contributed by atoms with Crippen molar-refractivity contribution >= 4 is 22.6 Å². The number of aromatic nitrogens is 1. The molecule has 0 saturated heterocycles. The number of likely N-dealkylation sites (N-methyl/N-ethyl adjacent to an activating group) is 1. The van der Waals surface area contributed by atoms with Crippen molar-refractivity contribution in [3.05, 3.63) is 30.0 Å². The van der Waals surface area contributed by atoms with Crippen molar-refractivity contribution < 1.29 is 9.90 Å². The first-order valence-electron chi connectivity index (χ1n) is 6.40. The zero-order chi connectivity index (χ0) is 13.8. The summed E-state index contributed by atoms with van der Waals surface area (Å²) in [5.41, 5.74) is 2.90. The Morgan fingerprint density at radius 1 is 1.42 bits per heavy atom. The molecule has 0 aliphatic heterocycles. The molecule has 0 spiro atoms. The first-order valence-corrected chi connectivity index (χ1v) is 6.40. The number of carbonyl (C=O) groups is 1. The van der Waals surface area contributed by atoms with Gasteiger partial charge in [0.15, 0.2) is 0 Å². The van der Waals surface area contributed by atoms with E-state index in [1.54, 1.807) is 4.90 Å². The minimum atomic E-state index is -0.192. The smallest absolute Gasteiger partial charge is 0.321 e. The highest BCUT2D eigenvalue weighted by molar-refractivity contribution is 5.93. The molecule has 2 aromatic rings. The normalized spacial score (nSPS) is 10.7. The second-order valence-corrected chi connectivity index (χ2v) is 4.49. The van der Waals surface area contributed by atoms with E-state index in [1.165, 1.54) is 0 Å². The van der Waals surface area contributed by atoms with Gasteiger partial charge in [-0.3, -0.25) is 0 Å². The summed E-state index contributed by atoms with van der Waals surface area (Å²) in [7, 11) is 0. The van der Waals surface area contributed by atoms with Gasteiger partial charge in [0.1, 0.15) is 0 Å². The quantitative estimate of drug-likeness (QED) is 0.790. The highest BCUT2D eigenvalue weighted by atomic mass is 16.3. The van der Waals surface area contributed by atoms with Gasteiger partial charge in [0.05, 0.1) is 6.61 Å². The van der Waals surface area contributed by atoms with Gasteiger partial charge in [-0.2, -0.15) is 0 Å². The lowest BCUT2D eigenvalue weighted by molar-refractivity contribution is 0.192. The van der Waals surface area contributed by atoms with Crippen LogP contribution in [0.15, 0.2) is 24.3 Å². The largest absolute Gasteiger partial charge is 0.395 e. The third-order valence-electron chi connectivity index (χ3n) is 3.05. The maximum atomic E-state index is 12.0. The van der Waals surface area contributed by atoms with E-state index in [0.717, 1.165) is 22.3 Å². The number of aliphatic hydroxyl groups is 1. The summed E-state index contributed by atoms with van der Waals surface area (Å²) in [6.07, 6.45) is 0. The number of carbonyl (C=O) groups excluding carboxylic acids is 1. The lowest BCUT2D eigenvalue weighted by atomic mass is 10.2. The van der Waals surface area contributed by atoms with Gasteiger partial charge in [-0.05, 0) is 38.1 Å². The maximum absolute atomic E-state index is 12.0. The summed E-state index contributed by atoms with van der Waals surface area (Å²) in [5.74, 6) is 0. The van der Waals surface area contributed by atoms with Crippen molar-refractivity contribution in [1.82, 2.24) is 9.88 Å². The molecule has 0 aliphatic carbocycles. The van der Waals surface area contributed by atoms with E-state index in [-0.39, 0.29) is 12.6 Å². The maximum Gasteiger partial charge on any atom is 0.321 e. The summed E-state index contributed by atoms with van der Waals surface area (Å²) in [6, 6.07) is 7.59. The number of aliphatic hydroxyl groups excluding tert-OH is 1. The number of hydrogen-bond acceptors (Lipinski definition) is 2. The number of nitrogens with one attached hydrogen (secondary N) is 2. The molecule has 5 nitrogen and oxygen atoms in total. The molecule has 1 aromatic heterocycles. The molecule has 0 atom stereocenters. The molecule has 1 aromatic carbocycles. The Morgan fingerprint density at radius 3 is 2.89 bits per heavy atom. The Balaban J connectivity index is 2.13. The first-order chi connectivity index (χ1) is 9.13. The van der Waals surface area contributed by atoms with E-state index in [9.17, 15) is 4.79 Å². The van der Waals surface area contributed by atoms with Gasteiger partial charge in [-0.1, -0.05) is 0 Å². The summed E-state index contributed by atoms with van der Waals surface area (Å²) in [4.78, 5) is 16.8. The van der Waals surface area contributed by atoms with E-state index >= 15 is 0 Å². The Bertz CT molecular complexity index is 577. The second-order valence-electron chi connectivity index (χ2n) is 4.49. The van der Waals surface area contributed by atoms with Gasteiger partial charge in [0.2, 0.25) is 0 Å². The van der Waals surface area contributed by atoms with Crippen LogP contribution in [0.3, 0.4) is 0 Å². The van der Waals surface area contributed by atoms with Crippen LogP contribution >= 0.6 is 0 Å². The van der Waals surface area contributed by atoms with Gasteiger partial charge < -0.3 is 20.3 Å². The number of fused-ring (bicyclic) bond motifs is 1. The second kappa shape index (κ2) is 5.75. The molecule has 2 rings (SSSR count). The molecular weight excluding hydrogens is 242 g/mol. The van der Waals surface area contributed by atoms with E-state index in [2.05, 4.69) is 10.3 Å². The lowest BCUT2D eigenvalue weighted by Crippen LogP contribution is -2.36. The Morgan fingerprint density at radius 2 is 2.21 bits per heavy atom. The Kier molecular flexibility index (Phi) is 4.06. The van der Waals surface area contributed by atoms with Crippen molar-refractivity contribution in [2.45, 2.75) is 13.8 Å². The van der Waals surface area contributed by atoms with Gasteiger partial charge in [0.25, 0.3) is 0 Å². The zero-order valence-corrected chi connectivity index (χ0v) is 11.2. The fourth-order valence-electron chi connectivity index (χ4n) is 2.08. The zero-order valence-electron chi connectivity index (χ0n) is 11.2. The molecule has 1 heterocycles. The van der Waals surface area contributed by atoms with Crippen LogP contribution in [0.2, 0.25) is 0 Å². The monoisotopic (exact) mass is 261 g/mol. The predicted octanol–water partition coefficient (Wildman–Crippen LogP) is 2.32. The number of urea groups is 1. The Hall–Kier alpha value is -2.01. The first kappa shape index (κ1) is 13.4. The van der Waals surface area contributed by atoms with E-state index in [1.807, 2.05) is 38.1 Å². The van der Waals surface area contributed by atoms with Gasteiger partial charge >= 0.3 is 6.03 Å². The molecule has 19 heavy (non-hydrogen) atoms. The molecule has 102 valence electrons. The van der Waals surface area contributed by atoms with E-state index < -0.39 is 0 Å². The average molecular weight is 261 g/mol. The number of hydrogen-bond donors (Lipinski definition) is 3. The highest BCUT2D eigenvalue weighted by Gasteiger charge is 2.11. The standard InChI is InChI=1S/C14H19N3O2/c1-3-17(6-7-18)14(19)16-12-4-5-13-11(9-12)8-10(2)15-13/h4-5,8-9,15,18H,3,6-7H2,1-2H3,(H,16,19). The van der Waals surface area contributed by atoms with Crippen molar-refractivity contribution in [1.29, 1.82) is 0 Å². The van der Waals surface area contributed by atoms with Gasteiger partial charge in [-0.15, -0.1) is 0 Å². The molecule has 0 bridgehead atoms. The molecule has 3 N–H and O–H groups in total. The Labute approximate surface area is 112 Å². The SMILES string of the molecule is CCN(CCO)C(=O)Nc1ccc2[nH]c(C)cc2c1. The van der Waals surface area contributed by atoms with Gasteiger partial charge in [0, 0.05) is 35.4 Å². The van der Waals surface area contributed by atoms with Crippen LogP contribution in [0.1, 0.15) is 12.6 Å². The highest BCUT2D eigenvalue weighted by Crippen LogP contribution is 2.20. The fourth-order valence-corrected chi connectivity index (χ4v) is 2.08. The van der Waals surface area contributed by atoms with E-state index in [0.29, 0.717) is 13.1 Å². The summed E-state index contributed by atoms with van der Waals surface area (Å²) in [5, 5.41) is 12.8. The summed E-state index contributed by atoms with van der Waals surface area (Å²) < 4.78 is 0. The van der Waals surface area contributed by atoms with Crippen LogP contribution in [0.5, 0.6) is 0 Å². The average Bonchev–Trinajstić information content (AvgIpc) is 2.75. The van der Waals surface area contributed by atoms with Crippen LogP contribution in [0.25, 0.3) is 10.9 Å². The fraction of sp³-hybridized carbons (Fsp3) is 0.357. The minimum absolute atomic E-state index is 0.0305. The van der Waals surface area contributed by atoms with Crippen molar-refractivity contribution in [2.75, 3.05) is 25.0 Å². The molecule has 0 fully saturated rings. The summed E-state index contributed by atoms with van der Waals surface area (Å²) in [6.45, 7) is 4.76. The topological polar surface area (TPSA) is 68.4 Å². The van der Waals surface area contributed by atoms with Crippen molar-refractivity contribution in [2.24, 2.45) is 0 Å². The van der Waals surface area contributed by atoms with Crippen LogP contribution < -0.4 is 5.32 Å². The molecule has 5 heteroatoms. The minimum Gasteiger partial charge on any atom is -0.395 e. The number of aryl methyl sites for hydroxylation is 1. The molecule has 2 amide bonds. The van der Waals surface area contributed by atoms with Crippen molar-refractivity contribution in [3.8, 4) is 0 Å². The number of H-pyrrole nitrogens is 1. The third kappa shape index (κ3) is 3.06. The third-order valence-corrected chi connectivity index (χ3v) is 3.05. The van der Waals surface area contributed by atoms with Crippen molar-refractivity contribution in [3.63, 3.8) is 0 Å². The number of rotatable bonds is 4. The molecule has 0 unspecified atom stereocenters. The number of aromatic amines is 1. The molecule has 0 saturated carbocycles. The van der Waals surface area contributed by atoms with Gasteiger partial charge in [-0.25, -0.2) is 4.79 Å². The molecular formula is C14H19N3O2. The van der Waals surface area contributed by atoms with Crippen LogP contribution in [0.4, 0.5) is 10.5 Å². The number of anilines is 1. The summed E-state index contributed by atoms with van der Waals surface area (Å²) >= 11 is 0. The number of amides is 2. The lowest BCUT2D eigenvalue weighted by Gasteiger charge is -2.20. The van der Waals surface area contributed by atoms with Crippen LogP contribution in [0, 0.1) is 6.92 Å². The van der Waals surface area contributed by atoms with Crippen LogP contribution in [-0.2, 0) is 0 Å².